The van der Waals surface area contributed by atoms with E-state index in [9.17, 15) is 4.79 Å². The normalized spacial score (nSPS) is 22.7. The second kappa shape index (κ2) is 6.59. The minimum Gasteiger partial charge on any atom is -0.340 e. The van der Waals surface area contributed by atoms with Gasteiger partial charge in [-0.25, -0.2) is 0 Å². The zero-order valence-corrected chi connectivity index (χ0v) is 14.8. The maximum Gasteiger partial charge on any atom is 0.244 e. The molecule has 25 heavy (non-hydrogen) atoms. The predicted molar refractivity (Wildman–Crippen MR) is 94.5 cm³/mol. The minimum atomic E-state index is 0.00857. The molecule has 4 rings (SSSR count). The summed E-state index contributed by atoms with van der Waals surface area (Å²) in [6.07, 6.45) is 2.86. The van der Waals surface area contributed by atoms with Crippen LogP contribution in [-0.2, 0) is 4.79 Å². The van der Waals surface area contributed by atoms with Crippen molar-refractivity contribution >= 4 is 11.6 Å². The maximum absolute atomic E-state index is 12.9. The zero-order valence-electron chi connectivity index (χ0n) is 14.8. The van der Waals surface area contributed by atoms with Crippen LogP contribution in [0.5, 0.6) is 0 Å². The molecule has 0 saturated carbocycles. The van der Waals surface area contributed by atoms with Crippen molar-refractivity contribution in [3.63, 3.8) is 0 Å². The van der Waals surface area contributed by atoms with Gasteiger partial charge in [-0.1, -0.05) is 22.9 Å². The van der Waals surface area contributed by atoms with Crippen molar-refractivity contribution in [3.05, 3.63) is 41.5 Å². The van der Waals surface area contributed by atoms with Crippen molar-refractivity contribution in [1.29, 1.82) is 0 Å². The molecule has 1 amide bonds. The molecule has 1 atom stereocenters. The maximum atomic E-state index is 12.9. The number of likely N-dealkylation sites (tertiary alicyclic amines) is 1. The molecule has 0 unspecified atom stereocenters. The lowest BCUT2D eigenvalue weighted by Gasteiger charge is -2.34. The third-order valence-electron chi connectivity index (χ3n) is 5.40. The van der Waals surface area contributed by atoms with Crippen LogP contribution in [-0.4, -0.2) is 46.6 Å². The molecule has 0 spiro atoms. The lowest BCUT2D eigenvalue weighted by Crippen LogP contribution is -2.45. The molecule has 2 aromatic rings. The van der Waals surface area contributed by atoms with E-state index in [2.05, 4.69) is 34.1 Å². The molecule has 0 N–H and O–H groups in total. The van der Waals surface area contributed by atoms with Crippen molar-refractivity contribution in [3.8, 4) is 0 Å². The number of aromatic nitrogens is 2. The van der Waals surface area contributed by atoms with E-state index in [4.69, 9.17) is 4.52 Å². The quantitative estimate of drug-likeness (QED) is 0.860. The van der Waals surface area contributed by atoms with E-state index in [0.29, 0.717) is 11.8 Å². The molecule has 2 saturated heterocycles. The van der Waals surface area contributed by atoms with Crippen LogP contribution in [0.4, 0.5) is 5.69 Å². The van der Waals surface area contributed by atoms with E-state index < -0.39 is 0 Å². The molecule has 3 heterocycles. The van der Waals surface area contributed by atoms with Crippen molar-refractivity contribution in [2.45, 2.75) is 45.1 Å². The van der Waals surface area contributed by atoms with Crippen LogP contribution in [0.15, 0.2) is 28.8 Å². The third kappa shape index (κ3) is 3.18. The molecule has 6 nitrogen and oxygen atoms in total. The van der Waals surface area contributed by atoms with Gasteiger partial charge in [0, 0.05) is 25.1 Å². The van der Waals surface area contributed by atoms with Crippen molar-refractivity contribution in [2.24, 2.45) is 0 Å². The molecule has 132 valence electrons. The first-order chi connectivity index (χ1) is 12.1. The van der Waals surface area contributed by atoms with Gasteiger partial charge in [-0.15, -0.1) is 0 Å². The Hall–Kier alpha value is -2.21. The van der Waals surface area contributed by atoms with Gasteiger partial charge in [0.05, 0.1) is 6.04 Å². The fraction of sp³-hybridized carbons (Fsp3) is 0.526. The Kier molecular flexibility index (Phi) is 4.29. The molecule has 2 aliphatic heterocycles. The molecular weight excluding hydrogens is 316 g/mol. The highest BCUT2D eigenvalue weighted by molar-refractivity contribution is 5.99. The highest BCUT2D eigenvalue weighted by Crippen LogP contribution is 2.30. The summed E-state index contributed by atoms with van der Waals surface area (Å²) < 4.78 is 5.10. The van der Waals surface area contributed by atoms with Gasteiger partial charge < -0.3 is 9.42 Å². The third-order valence-corrected chi connectivity index (χ3v) is 5.40. The number of aryl methyl sites for hydroxylation is 2. The van der Waals surface area contributed by atoms with Gasteiger partial charge in [0.1, 0.15) is 0 Å². The molecule has 6 heteroatoms. The number of nitrogens with zero attached hydrogens (tertiary/aromatic N) is 4. The van der Waals surface area contributed by atoms with Gasteiger partial charge in [-0.2, -0.15) is 4.98 Å². The summed E-state index contributed by atoms with van der Waals surface area (Å²) in [6, 6.07) is 8.22. The topological polar surface area (TPSA) is 62.5 Å². The Labute approximate surface area is 147 Å². The molecule has 2 fully saturated rings. The van der Waals surface area contributed by atoms with Gasteiger partial charge in [0.2, 0.25) is 11.8 Å². The van der Waals surface area contributed by atoms with Crippen LogP contribution in [0.2, 0.25) is 0 Å². The number of benzene rings is 1. The van der Waals surface area contributed by atoms with E-state index in [0.717, 1.165) is 50.4 Å². The number of carbonyl (C=O) groups excluding carboxylic acids is 1. The Morgan fingerprint density at radius 2 is 1.76 bits per heavy atom. The summed E-state index contributed by atoms with van der Waals surface area (Å²) in [7, 11) is 0. The number of rotatable bonds is 3. The van der Waals surface area contributed by atoms with Gasteiger partial charge in [0.15, 0.2) is 5.82 Å². The average molecular weight is 340 g/mol. The summed E-state index contributed by atoms with van der Waals surface area (Å²) in [5.41, 5.74) is 2.22. The second-order valence-corrected chi connectivity index (χ2v) is 7.11. The number of amides is 1. The number of carbonyl (C=O) groups is 1. The number of hydrogen-bond acceptors (Lipinski definition) is 5. The highest BCUT2D eigenvalue weighted by atomic mass is 16.5. The fourth-order valence-corrected chi connectivity index (χ4v) is 3.93. The summed E-state index contributed by atoms with van der Waals surface area (Å²) >= 11 is 0. The van der Waals surface area contributed by atoms with Crippen molar-refractivity contribution < 1.29 is 9.32 Å². The molecule has 1 aromatic heterocycles. The van der Waals surface area contributed by atoms with E-state index in [1.807, 2.05) is 24.0 Å². The van der Waals surface area contributed by atoms with E-state index in [1.165, 1.54) is 5.56 Å². The first-order valence-electron chi connectivity index (χ1n) is 9.04. The SMILES string of the molecule is Cc1ccc(N2CC[C@H](N3CCC(c4noc(C)n4)CC3)C2=O)cc1. The summed E-state index contributed by atoms with van der Waals surface area (Å²) in [4.78, 5) is 21.5. The summed E-state index contributed by atoms with van der Waals surface area (Å²) in [5, 5.41) is 4.06. The Morgan fingerprint density at radius 3 is 2.40 bits per heavy atom. The van der Waals surface area contributed by atoms with Crippen LogP contribution >= 0.6 is 0 Å². The van der Waals surface area contributed by atoms with Gasteiger partial charge in [-0.05, 0) is 51.4 Å². The average Bonchev–Trinajstić information content (AvgIpc) is 3.22. The minimum absolute atomic E-state index is 0.00857. The largest absolute Gasteiger partial charge is 0.340 e. The second-order valence-electron chi connectivity index (χ2n) is 7.11. The van der Waals surface area contributed by atoms with Gasteiger partial charge >= 0.3 is 0 Å². The van der Waals surface area contributed by atoms with E-state index in [-0.39, 0.29) is 11.9 Å². The smallest absolute Gasteiger partial charge is 0.244 e. The fourth-order valence-electron chi connectivity index (χ4n) is 3.93. The van der Waals surface area contributed by atoms with E-state index in [1.54, 1.807) is 0 Å². The van der Waals surface area contributed by atoms with Crippen LogP contribution in [0.3, 0.4) is 0 Å². The Balaban J connectivity index is 1.39. The van der Waals surface area contributed by atoms with Crippen LogP contribution < -0.4 is 4.90 Å². The van der Waals surface area contributed by atoms with Crippen molar-refractivity contribution in [2.75, 3.05) is 24.5 Å². The molecular formula is C19H24N4O2. The molecule has 2 aliphatic rings. The molecule has 0 radical (unpaired) electrons. The number of piperidine rings is 1. The lowest BCUT2D eigenvalue weighted by atomic mass is 9.95. The standard InChI is InChI=1S/C19H24N4O2/c1-13-3-5-16(6-4-13)23-12-9-17(19(23)24)22-10-7-15(8-11-22)18-20-14(2)25-21-18/h3-6,15,17H,7-12H2,1-2H3/t17-/m0/s1. The van der Waals surface area contributed by atoms with Gasteiger partial charge in [-0.3, -0.25) is 9.69 Å². The molecule has 1 aromatic carbocycles. The Morgan fingerprint density at radius 1 is 1.04 bits per heavy atom. The summed E-state index contributed by atoms with van der Waals surface area (Å²) in [6.45, 7) is 6.51. The zero-order chi connectivity index (χ0) is 17.4. The highest BCUT2D eigenvalue weighted by Gasteiger charge is 2.38. The van der Waals surface area contributed by atoms with E-state index >= 15 is 0 Å². The number of anilines is 1. The van der Waals surface area contributed by atoms with Crippen molar-refractivity contribution in [1.82, 2.24) is 15.0 Å². The lowest BCUT2D eigenvalue weighted by molar-refractivity contribution is -0.122. The first kappa shape index (κ1) is 16.3. The molecule has 0 aliphatic carbocycles. The first-order valence-corrected chi connectivity index (χ1v) is 9.04. The van der Waals surface area contributed by atoms with Crippen LogP contribution in [0, 0.1) is 13.8 Å². The molecule has 0 bridgehead atoms. The van der Waals surface area contributed by atoms with Crippen LogP contribution in [0.25, 0.3) is 0 Å². The number of hydrogen-bond donors (Lipinski definition) is 0. The van der Waals surface area contributed by atoms with Gasteiger partial charge in [0.25, 0.3) is 0 Å². The van der Waals surface area contributed by atoms with Crippen LogP contribution in [0.1, 0.15) is 42.5 Å². The Bertz CT molecular complexity index is 747. The summed E-state index contributed by atoms with van der Waals surface area (Å²) in [5.74, 6) is 2.02. The monoisotopic (exact) mass is 340 g/mol. The predicted octanol–water partition coefficient (Wildman–Crippen LogP) is 2.67.